The molecule has 0 saturated carbocycles. The number of aliphatic hydroxyl groups is 1. The molecule has 0 saturated heterocycles. The molecule has 0 unspecified atom stereocenters. The summed E-state index contributed by atoms with van der Waals surface area (Å²) < 4.78 is 26.9. The summed E-state index contributed by atoms with van der Waals surface area (Å²) in [4.78, 5) is 0.0469. The highest BCUT2D eigenvalue weighted by atomic mass is 32.2. The molecule has 2 aromatic rings. The summed E-state index contributed by atoms with van der Waals surface area (Å²) in [5.74, 6) is 0. The Bertz CT molecular complexity index is 680. The topological polar surface area (TPSA) is 86.3 Å². The van der Waals surface area contributed by atoms with Crippen molar-refractivity contribution in [3.8, 4) is 0 Å². The van der Waals surface area contributed by atoms with Crippen LogP contribution in [0.2, 0.25) is 0 Å². The van der Waals surface area contributed by atoms with Gasteiger partial charge in [-0.2, -0.15) is 5.10 Å². The lowest BCUT2D eigenvalue weighted by molar-refractivity contribution is 0.273. The van der Waals surface area contributed by atoms with Crippen LogP contribution in [0.25, 0.3) is 0 Å². The van der Waals surface area contributed by atoms with Crippen LogP contribution in [0.15, 0.2) is 35.2 Å². The number of nitrogens with zero attached hydrogens (tertiary/aromatic N) is 2. The predicted octanol–water partition coefficient (Wildman–Crippen LogP) is 1.43. The molecule has 1 aromatic heterocycles. The van der Waals surface area contributed by atoms with Crippen LogP contribution in [0.3, 0.4) is 0 Å². The maximum absolute atomic E-state index is 12.8. The van der Waals surface area contributed by atoms with Gasteiger partial charge < -0.3 is 5.11 Å². The fourth-order valence-corrected chi connectivity index (χ4v) is 3.91. The van der Waals surface area contributed by atoms with Crippen molar-refractivity contribution in [2.24, 2.45) is 0 Å². The highest BCUT2D eigenvalue weighted by Gasteiger charge is 2.29. The van der Waals surface area contributed by atoms with E-state index in [1.54, 1.807) is 38.1 Å². The van der Waals surface area contributed by atoms with E-state index < -0.39 is 16.6 Å². The molecule has 0 spiro atoms. The van der Waals surface area contributed by atoms with E-state index in [9.17, 15) is 13.5 Å². The summed E-state index contributed by atoms with van der Waals surface area (Å²) in [6, 6.07) is 8.85. The monoisotopic (exact) mass is 295 g/mol. The number of sulfonamides is 1. The molecule has 2 rings (SSSR count). The van der Waals surface area contributed by atoms with Crippen molar-refractivity contribution in [1.82, 2.24) is 10.2 Å². The zero-order valence-corrected chi connectivity index (χ0v) is 12.2. The van der Waals surface area contributed by atoms with E-state index in [0.717, 1.165) is 0 Å². The number of benzene rings is 1. The minimum absolute atomic E-state index is 0.0469. The second kappa shape index (κ2) is 5.64. The van der Waals surface area contributed by atoms with Gasteiger partial charge in [0.15, 0.2) is 0 Å². The molecule has 0 aliphatic rings. The van der Waals surface area contributed by atoms with Crippen LogP contribution in [-0.2, 0) is 16.6 Å². The standard InChI is InChI=1S/C13H17N3O3S/c1-3-16(11-7-5-4-6-8-11)20(18,19)13-10(2)14-15-12(13)9-17/h4-8,17H,3,9H2,1-2H3,(H,14,15). The first kappa shape index (κ1) is 14.5. The fraction of sp³-hybridized carbons (Fsp3) is 0.308. The number of aromatic amines is 1. The molecule has 1 aromatic carbocycles. The number of hydrogen-bond donors (Lipinski definition) is 2. The number of rotatable bonds is 5. The first-order valence-corrected chi connectivity index (χ1v) is 7.68. The minimum Gasteiger partial charge on any atom is -0.390 e. The highest BCUT2D eigenvalue weighted by molar-refractivity contribution is 7.93. The summed E-state index contributed by atoms with van der Waals surface area (Å²) in [6.07, 6.45) is 0. The molecule has 0 amide bonds. The van der Waals surface area contributed by atoms with Gasteiger partial charge in [0.1, 0.15) is 10.6 Å². The number of hydrogen-bond acceptors (Lipinski definition) is 4. The van der Waals surface area contributed by atoms with Crippen LogP contribution in [0.1, 0.15) is 18.3 Å². The zero-order valence-electron chi connectivity index (χ0n) is 11.4. The van der Waals surface area contributed by atoms with Crippen molar-refractivity contribution < 1.29 is 13.5 Å². The Balaban J connectivity index is 2.56. The van der Waals surface area contributed by atoms with E-state index in [4.69, 9.17) is 0 Å². The fourth-order valence-electron chi connectivity index (χ4n) is 2.11. The van der Waals surface area contributed by atoms with Crippen molar-refractivity contribution in [1.29, 1.82) is 0 Å². The average molecular weight is 295 g/mol. The molecule has 0 aliphatic heterocycles. The smallest absolute Gasteiger partial charge is 0.268 e. The van der Waals surface area contributed by atoms with Gasteiger partial charge >= 0.3 is 0 Å². The largest absolute Gasteiger partial charge is 0.390 e. The molecular formula is C13H17N3O3S. The van der Waals surface area contributed by atoms with Gasteiger partial charge in [-0.25, -0.2) is 8.42 Å². The number of para-hydroxylation sites is 1. The highest BCUT2D eigenvalue weighted by Crippen LogP contribution is 2.26. The Morgan fingerprint density at radius 2 is 1.95 bits per heavy atom. The molecule has 108 valence electrons. The first-order valence-electron chi connectivity index (χ1n) is 6.24. The second-order valence-electron chi connectivity index (χ2n) is 4.29. The van der Waals surface area contributed by atoms with Crippen molar-refractivity contribution in [2.75, 3.05) is 10.8 Å². The molecule has 2 N–H and O–H groups in total. The van der Waals surface area contributed by atoms with Crippen molar-refractivity contribution >= 4 is 15.7 Å². The maximum Gasteiger partial charge on any atom is 0.268 e. The average Bonchev–Trinajstić information content (AvgIpc) is 2.82. The summed E-state index contributed by atoms with van der Waals surface area (Å²) in [6.45, 7) is 3.25. The summed E-state index contributed by atoms with van der Waals surface area (Å²) in [5.41, 5.74) is 1.14. The van der Waals surface area contributed by atoms with Gasteiger partial charge in [-0.05, 0) is 26.0 Å². The molecule has 1 heterocycles. The Hall–Kier alpha value is -1.86. The predicted molar refractivity (Wildman–Crippen MR) is 75.9 cm³/mol. The molecule has 0 aliphatic carbocycles. The molecule has 0 bridgehead atoms. The van der Waals surface area contributed by atoms with Crippen molar-refractivity contribution in [3.63, 3.8) is 0 Å². The number of aromatic nitrogens is 2. The normalized spacial score (nSPS) is 11.6. The van der Waals surface area contributed by atoms with E-state index in [1.165, 1.54) is 4.31 Å². The van der Waals surface area contributed by atoms with Gasteiger partial charge in [0.25, 0.3) is 10.0 Å². The summed E-state index contributed by atoms with van der Waals surface area (Å²) >= 11 is 0. The first-order chi connectivity index (χ1) is 9.52. The molecule has 0 atom stereocenters. The lowest BCUT2D eigenvalue weighted by atomic mass is 10.3. The van der Waals surface area contributed by atoms with E-state index in [1.807, 2.05) is 6.07 Å². The number of aryl methyl sites for hydroxylation is 1. The molecule has 20 heavy (non-hydrogen) atoms. The van der Waals surface area contributed by atoms with E-state index >= 15 is 0 Å². The molecule has 0 radical (unpaired) electrons. The molecular weight excluding hydrogens is 278 g/mol. The van der Waals surface area contributed by atoms with Gasteiger partial charge in [0.2, 0.25) is 0 Å². The number of nitrogens with one attached hydrogen (secondary N) is 1. The van der Waals surface area contributed by atoms with Crippen LogP contribution in [-0.4, -0.2) is 30.3 Å². The van der Waals surface area contributed by atoms with Gasteiger partial charge in [0.05, 0.1) is 18.0 Å². The third-order valence-corrected chi connectivity index (χ3v) is 5.10. The van der Waals surface area contributed by atoms with Crippen molar-refractivity contribution in [2.45, 2.75) is 25.3 Å². The third-order valence-electron chi connectivity index (χ3n) is 2.99. The second-order valence-corrected chi connectivity index (χ2v) is 6.09. The van der Waals surface area contributed by atoms with Crippen LogP contribution in [0.5, 0.6) is 0 Å². The lowest BCUT2D eigenvalue weighted by Crippen LogP contribution is -2.31. The van der Waals surface area contributed by atoms with Crippen LogP contribution in [0, 0.1) is 6.92 Å². The molecule has 7 heteroatoms. The Labute approximate surface area is 118 Å². The van der Waals surface area contributed by atoms with Crippen molar-refractivity contribution in [3.05, 3.63) is 41.7 Å². The summed E-state index contributed by atoms with van der Waals surface area (Å²) in [5, 5.41) is 15.7. The Morgan fingerprint density at radius 1 is 1.30 bits per heavy atom. The quantitative estimate of drug-likeness (QED) is 0.873. The van der Waals surface area contributed by atoms with Gasteiger partial charge in [0, 0.05) is 6.54 Å². The lowest BCUT2D eigenvalue weighted by Gasteiger charge is -2.23. The van der Waals surface area contributed by atoms with Gasteiger partial charge in [-0.3, -0.25) is 9.40 Å². The Morgan fingerprint density at radius 3 is 2.50 bits per heavy atom. The Kier molecular flexibility index (Phi) is 4.10. The number of anilines is 1. The van der Waals surface area contributed by atoms with Crippen LogP contribution in [0.4, 0.5) is 5.69 Å². The van der Waals surface area contributed by atoms with Gasteiger partial charge in [-0.1, -0.05) is 18.2 Å². The molecule has 6 nitrogen and oxygen atoms in total. The van der Waals surface area contributed by atoms with E-state index in [2.05, 4.69) is 10.2 Å². The number of aliphatic hydroxyl groups excluding tert-OH is 1. The third kappa shape index (κ3) is 2.41. The van der Waals surface area contributed by atoms with Crippen LogP contribution >= 0.6 is 0 Å². The zero-order chi connectivity index (χ0) is 14.8. The van der Waals surface area contributed by atoms with E-state index in [0.29, 0.717) is 17.9 Å². The SMILES string of the molecule is CCN(c1ccccc1)S(=O)(=O)c1c(CO)n[nH]c1C. The molecule has 0 fully saturated rings. The number of H-pyrrole nitrogens is 1. The van der Waals surface area contributed by atoms with Gasteiger partial charge in [-0.15, -0.1) is 0 Å². The maximum atomic E-state index is 12.8. The van der Waals surface area contributed by atoms with Crippen LogP contribution < -0.4 is 4.31 Å². The van der Waals surface area contributed by atoms with E-state index in [-0.39, 0.29) is 10.6 Å². The summed E-state index contributed by atoms with van der Waals surface area (Å²) in [7, 11) is -3.75. The minimum atomic E-state index is -3.75.